The van der Waals surface area contributed by atoms with Crippen LogP contribution in [0, 0.1) is 6.92 Å². The lowest BCUT2D eigenvalue weighted by atomic mass is 9.98. The number of ether oxygens (including phenoxy) is 1. The van der Waals surface area contributed by atoms with Crippen molar-refractivity contribution in [3.63, 3.8) is 0 Å². The predicted molar refractivity (Wildman–Crippen MR) is 104 cm³/mol. The summed E-state index contributed by atoms with van der Waals surface area (Å²) in [6.45, 7) is 2.82. The van der Waals surface area contributed by atoms with Gasteiger partial charge >= 0.3 is 0 Å². The summed E-state index contributed by atoms with van der Waals surface area (Å²) in [5, 5.41) is 20.5. The molecule has 6 nitrogen and oxygen atoms in total. The van der Waals surface area contributed by atoms with Crippen molar-refractivity contribution in [2.24, 2.45) is 0 Å². The number of aryl methyl sites for hydroxylation is 1. The topological polar surface area (TPSA) is 82.9 Å². The molecule has 0 unspecified atom stereocenters. The minimum Gasteiger partial charge on any atom is -0.505 e. The number of phenolic OH excluding ortho intramolecular Hbond substituents is 1. The molecule has 1 aromatic heterocycles. The van der Waals surface area contributed by atoms with Gasteiger partial charge in [-0.25, -0.2) is 4.98 Å². The van der Waals surface area contributed by atoms with Crippen molar-refractivity contribution >= 4 is 5.91 Å². The number of hydrogen-bond donors (Lipinski definition) is 2. The van der Waals surface area contributed by atoms with Crippen LogP contribution in [0.15, 0.2) is 54.7 Å². The molecule has 0 aliphatic carbocycles. The number of carbonyl (C=O) groups is 1. The lowest BCUT2D eigenvalue weighted by molar-refractivity contribution is 0.0724. The van der Waals surface area contributed by atoms with Gasteiger partial charge < -0.3 is 19.8 Å². The second kappa shape index (κ2) is 7.23. The van der Waals surface area contributed by atoms with Crippen LogP contribution >= 0.6 is 0 Å². The molecule has 0 saturated heterocycles. The Morgan fingerprint density at radius 3 is 2.71 bits per heavy atom. The lowest BCUT2D eigenvalue weighted by Gasteiger charge is -2.20. The van der Waals surface area contributed by atoms with Gasteiger partial charge in [-0.2, -0.15) is 0 Å². The first-order chi connectivity index (χ1) is 13.5. The Balaban J connectivity index is 1.72. The molecule has 0 fully saturated rings. The van der Waals surface area contributed by atoms with Crippen LogP contribution in [0.1, 0.15) is 21.6 Å². The Morgan fingerprint density at radius 1 is 1.11 bits per heavy atom. The Hall–Kier alpha value is -3.54. The molecule has 0 bridgehead atoms. The molecule has 0 saturated carbocycles. The van der Waals surface area contributed by atoms with E-state index in [1.807, 2.05) is 37.3 Å². The van der Waals surface area contributed by atoms with E-state index in [0.717, 1.165) is 16.7 Å². The molecule has 1 aliphatic heterocycles. The van der Waals surface area contributed by atoms with E-state index >= 15 is 0 Å². The van der Waals surface area contributed by atoms with Crippen LogP contribution in [0.2, 0.25) is 0 Å². The smallest absolute Gasteiger partial charge is 0.276 e. The summed E-state index contributed by atoms with van der Waals surface area (Å²) in [6, 6.07) is 14.5. The number of pyridine rings is 1. The van der Waals surface area contributed by atoms with Crippen LogP contribution in [0.25, 0.3) is 11.1 Å². The minimum atomic E-state index is -0.379. The average Bonchev–Trinajstić information content (AvgIpc) is 2.91. The van der Waals surface area contributed by atoms with Crippen LogP contribution in [-0.2, 0) is 6.54 Å². The zero-order valence-corrected chi connectivity index (χ0v) is 15.4. The summed E-state index contributed by atoms with van der Waals surface area (Å²) in [4.78, 5) is 18.4. The molecule has 0 spiro atoms. The number of benzene rings is 2. The molecule has 0 radical (unpaired) electrons. The van der Waals surface area contributed by atoms with Crippen molar-refractivity contribution in [2.75, 3.05) is 13.2 Å². The number of carbonyl (C=O) groups excluding carboxylic acids is 1. The summed E-state index contributed by atoms with van der Waals surface area (Å²) in [5.74, 6) is -0.103. The zero-order chi connectivity index (χ0) is 19.7. The molecule has 0 atom stereocenters. The summed E-state index contributed by atoms with van der Waals surface area (Å²) in [7, 11) is 0. The van der Waals surface area contributed by atoms with Gasteiger partial charge in [-0.1, -0.05) is 24.3 Å². The third-order valence-corrected chi connectivity index (χ3v) is 4.85. The number of fused-ring (bicyclic) bond motifs is 1. The largest absolute Gasteiger partial charge is 0.505 e. The van der Waals surface area contributed by atoms with E-state index in [1.54, 1.807) is 17.0 Å². The lowest BCUT2D eigenvalue weighted by Crippen LogP contribution is -2.33. The Morgan fingerprint density at radius 2 is 1.93 bits per heavy atom. The van der Waals surface area contributed by atoms with Crippen LogP contribution in [0.3, 0.4) is 0 Å². The molecule has 28 heavy (non-hydrogen) atoms. The highest BCUT2D eigenvalue weighted by molar-refractivity contribution is 5.94. The number of nitrogens with zero attached hydrogens (tertiary/aromatic N) is 2. The van der Waals surface area contributed by atoms with Gasteiger partial charge in [0.2, 0.25) is 0 Å². The normalized spacial score (nSPS) is 13.4. The van der Waals surface area contributed by atoms with Crippen LogP contribution in [0.4, 0.5) is 0 Å². The van der Waals surface area contributed by atoms with Gasteiger partial charge in [0.05, 0.1) is 6.54 Å². The maximum absolute atomic E-state index is 12.9. The highest BCUT2D eigenvalue weighted by Gasteiger charge is 2.26. The van der Waals surface area contributed by atoms with Crippen LogP contribution in [0.5, 0.6) is 17.2 Å². The monoisotopic (exact) mass is 376 g/mol. The Bertz CT molecular complexity index is 1050. The van der Waals surface area contributed by atoms with Gasteiger partial charge in [-0.15, -0.1) is 0 Å². The van der Waals surface area contributed by atoms with Crippen molar-refractivity contribution in [3.8, 4) is 28.4 Å². The van der Waals surface area contributed by atoms with Crippen molar-refractivity contribution in [2.45, 2.75) is 13.5 Å². The van der Waals surface area contributed by atoms with Gasteiger partial charge in [0.15, 0.2) is 17.2 Å². The molecule has 6 heteroatoms. The van der Waals surface area contributed by atoms with Gasteiger partial charge in [0, 0.05) is 18.3 Å². The summed E-state index contributed by atoms with van der Waals surface area (Å²) in [5.41, 5.74) is 3.66. The quantitative estimate of drug-likeness (QED) is 0.715. The van der Waals surface area contributed by atoms with Crippen LogP contribution in [-0.4, -0.2) is 39.2 Å². The number of aromatic hydroxyl groups is 2. The predicted octanol–water partition coefficient (Wildman–Crippen LogP) is 3.50. The number of phenols is 1. The highest BCUT2D eigenvalue weighted by Crippen LogP contribution is 2.38. The van der Waals surface area contributed by atoms with E-state index in [9.17, 15) is 15.0 Å². The first-order valence-electron chi connectivity index (χ1n) is 9.02. The Kier molecular flexibility index (Phi) is 4.61. The molecular weight excluding hydrogens is 356 g/mol. The van der Waals surface area contributed by atoms with Gasteiger partial charge in [-0.3, -0.25) is 4.79 Å². The molecule has 2 heterocycles. The molecular formula is C22H20N2O4. The van der Waals surface area contributed by atoms with Crippen molar-refractivity contribution in [1.82, 2.24) is 9.88 Å². The first-order valence-corrected chi connectivity index (χ1v) is 9.02. The number of hydrogen-bond acceptors (Lipinski definition) is 5. The Labute approximate surface area is 162 Å². The average molecular weight is 376 g/mol. The van der Waals surface area contributed by atoms with E-state index < -0.39 is 0 Å². The molecule has 1 aliphatic rings. The zero-order valence-electron chi connectivity index (χ0n) is 15.4. The number of rotatable bonds is 2. The first kappa shape index (κ1) is 17.9. The fourth-order valence-corrected chi connectivity index (χ4v) is 3.44. The third-order valence-electron chi connectivity index (χ3n) is 4.85. The summed E-state index contributed by atoms with van der Waals surface area (Å²) < 4.78 is 5.72. The molecule has 3 aromatic rings. The second-order valence-corrected chi connectivity index (χ2v) is 6.74. The van der Waals surface area contributed by atoms with E-state index in [1.165, 1.54) is 12.3 Å². The molecule has 1 amide bonds. The van der Waals surface area contributed by atoms with E-state index in [0.29, 0.717) is 17.9 Å². The van der Waals surface area contributed by atoms with E-state index in [4.69, 9.17) is 4.74 Å². The fourth-order valence-electron chi connectivity index (χ4n) is 3.44. The number of amides is 1. The SMILES string of the molecule is Cc1ccccc1-c1cc(O)c2c(c1)CN(C(=O)c1ncccc1O)CCO2. The third kappa shape index (κ3) is 3.24. The van der Waals surface area contributed by atoms with E-state index in [-0.39, 0.29) is 36.3 Å². The van der Waals surface area contributed by atoms with Crippen molar-refractivity contribution in [1.29, 1.82) is 0 Å². The summed E-state index contributed by atoms with van der Waals surface area (Å²) in [6.07, 6.45) is 1.47. The second-order valence-electron chi connectivity index (χ2n) is 6.74. The number of aromatic nitrogens is 1. The van der Waals surface area contributed by atoms with Gasteiger partial charge in [0.1, 0.15) is 12.4 Å². The highest BCUT2D eigenvalue weighted by atomic mass is 16.5. The maximum Gasteiger partial charge on any atom is 0.276 e. The molecule has 2 aromatic carbocycles. The van der Waals surface area contributed by atoms with Crippen molar-refractivity contribution < 1.29 is 19.7 Å². The van der Waals surface area contributed by atoms with Crippen molar-refractivity contribution in [3.05, 3.63) is 71.5 Å². The summed E-state index contributed by atoms with van der Waals surface area (Å²) >= 11 is 0. The van der Waals surface area contributed by atoms with Crippen LogP contribution < -0.4 is 4.74 Å². The maximum atomic E-state index is 12.9. The molecule has 142 valence electrons. The van der Waals surface area contributed by atoms with E-state index in [2.05, 4.69) is 4.98 Å². The molecule has 2 N–H and O–H groups in total. The minimum absolute atomic E-state index is 0.00484. The fraction of sp³-hybridized carbons (Fsp3) is 0.182. The standard InChI is InChI=1S/C22H20N2O4/c1-14-5-2-3-6-17(14)15-11-16-13-24(9-10-28-21(16)19(26)12-15)22(27)20-18(25)7-4-8-23-20/h2-8,11-12,25-26H,9-10,13H2,1H3. The van der Waals surface area contributed by atoms with Gasteiger partial charge in [0.25, 0.3) is 5.91 Å². The van der Waals surface area contributed by atoms with Gasteiger partial charge in [-0.05, 0) is 47.9 Å². The molecule has 4 rings (SSSR count).